The highest BCUT2D eigenvalue weighted by Crippen LogP contribution is 2.10. The number of carbonyl (C=O) groups is 1. The fraction of sp³-hybridized carbons (Fsp3) is 0. The van der Waals surface area contributed by atoms with Gasteiger partial charge in [-0.1, -0.05) is 0 Å². The summed E-state index contributed by atoms with van der Waals surface area (Å²) >= 11 is 0. The Bertz CT molecular complexity index is 308. The van der Waals surface area contributed by atoms with E-state index in [0.717, 1.165) is 11.3 Å². The smallest absolute Gasteiger partial charge is 0.267 e. The normalized spacial score (nSPS) is 20.6. The minimum Gasteiger partial charge on any atom is -0.267 e. The summed E-state index contributed by atoms with van der Waals surface area (Å²) in [5.41, 5.74) is 1.64. The highest BCUT2D eigenvalue weighted by Gasteiger charge is 2.11. The Balaban J connectivity index is 2.51. The number of dihydropyridines is 1. The Hall–Kier alpha value is -1.51. The summed E-state index contributed by atoms with van der Waals surface area (Å²) in [6.07, 6.45) is 6.41. The van der Waals surface area contributed by atoms with Crippen LogP contribution in [0.15, 0.2) is 33.9 Å². The van der Waals surface area contributed by atoms with Gasteiger partial charge in [0.05, 0.1) is 11.9 Å². The van der Waals surface area contributed by atoms with Crippen LogP contribution in [0.1, 0.15) is 0 Å². The molecule has 0 spiro atoms. The predicted molar refractivity (Wildman–Crippen MR) is 38.2 cm³/mol. The van der Waals surface area contributed by atoms with E-state index in [1.54, 1.807) is 12.3 Å². The second kappa shape index (κ2) is 1.73. The van der Waals surface area contributed by atoms with E-state index < -0.39 is 0 Å². The van der Waals surface area contributed by atoms with Gasteiger partial charge >= 0.3 is 0 Å². The summed E-state index contributed by atoms with van der Waals surface area (Å²) in [5, 5.41) is 0. The second-order valence-electron chi connectivity index (χ2n) is 2.03. The highest BCUT2D eigenvalue weighted by molar-refractivity contribution is 6.43. The Morgan fingerprint density at radius 2 is 2.30 bits per heavy atom. The first-order chi connectivity index (χ1) is 4.86. The number of hydrogen-bond donors (Lipinski definition) is 0. The molecule has 0 aromatic heterocycles. The third-order valence-corrected chi connectivity index (χ3v) is 1.36. The van der Waals surface area contributed by atoms with Crippen LogP contribution in [-0.2, 0) is 4.79 Å². The minimum atomic E-state index is -0.208. The quantitative estimate of drug-likeness (QED) is 0.473. The van der Waals surface area contributed by atoms with Crippen molar-refractivity contribution in [2.75, 3.05) is 0 Å². The SMILES string of the molecule is O=C1C=C2C=CN=C2C=N1. The molecule has 2 aliphatic heterocycles. The average molecular weight is 132 g/mol. The molecule has 0 saturated heterocycles. The van der Waals surface area contributed by atoms with Crippen molar-refractivity contribution in [3.63, 3.8) is 0 Å². The van der Waals surface area contributed by atoms with Crippen molar-refractivity contribution in [3.05, 3.63) is 23.9 Å². The molecule has 10 heavy (non-hydrogen) atoms. The molecule has 0 fully saturated rings. The molecule has 0 atom stereocenters. The van der Waals surface area contributed by atoms with Gasteiger partial charge in [-0.2, -0.15) is 0 Å². The van der Waals surface area contributed by atoms with E-state index in [0.29, 0.717) is 0 Å². The molecule has 2 aliphatic rings. The van der Waals surface area contributed by atoms with Gasteiger partial charge in [-0.3, -0.25) is 9.79 Å². The standard InChI is InChI=1S/C7H4N2O/c10-7-3-5-1-2-8-6(5)4-9-7/h1-4H. The maximum atomic E-state index is 10.6. The van der Waals surface area contributed by atoms with Crippen LogP contribution in [0.3, 0.4) is 0 Å². The van der Waals surface area contributed by atoms with Gasteiger partial charge in [0.25, 0.3) is 5.91 Å². The summed E-state index contributed by atoms with van der Waals surface area (Å²) in [6, 6.07) is 0. The largest absolute Gasteiger partial charge is 0.270 e. The van der Waals surface area contributed by atoms with Crippen LogP contribution in [0.25, 0.3) is 0 Å². The Kier molecular flexibility index (Phi) is 0.917. The molecule has 2 rings (SSSR count). The molecular formula is C7H4N2O. The number of fused-ring (bicyclic) bond motifs is 1. The minimum absolute atomic E-state index is 0.208. The van der Waals surface area contributed by atoms with Crippen molar-refractivity contribution in [3.8, 4) is 0 Å². The zero-order chi connectivity index (χ0) is 6.97. The molecule has 0 aliphatic carbocycles. The molecule has 0 aromatic rings. The fourth-order valence-electron chi connectivity index (χ4n) is 0.883. The maximum absolute atomic E-state index is 10.6. The molecular weight excluding hydrogens is 128 g/mol. The summed E-state index contributed by atoms with van der Waals surface area (Å²) in [5.74, 6) is -0.208. The third-order valence-electron chi connectivity index (χ3n) is 1.36. The molecule has 0 saturated carbocycles. The number of rotatable bonds is 0. The number of nitrogens with zero attached hydrogens (tertiary/aromatic N) is 2. The van der Waals surface area contributed by atoms with Crippen LogP contribution >= 0.6 is 0 Å². The van der Waals surface area contributed by atoms with Gasteiger partial charge in [0.1, 0.15) is 0 Å². The van der Waals surface area contributed by atoms with Gasteiger partial charge in [0.15, 0.2) is 0 Å². The van der Waals surface area contributed by atoms with Crippen LogP contribution in [0.5, 0.6) is 0 Å². The van der Waals surface area contributed by atoms with Crippen molar-refractivity contribution in [2.45, 2.75) is 0 Å². The van der Waals surface area contributed by atoms with Crippen LogP contribution < -0.4 is 0 Å². The number of hydrogen-bond acceptors (Lipinski definition) is 2. The molecule has 0 unspecified atom stereocenters. The Morgan fingerprint density at radius 1 is 1.40 bits per heavy atom. The molecule has 1 amide bonds. The van der Waals surface area contributed by atoms with Crippen LogP contribution in [-0.4, -0.2) is 17.8 Å². The zero-order valence-corrected chi connectivity index (χ0v) is 5.11. The van der Waals surface area contributed by atoms with E-state index in [4.69, 9.17) is 0 Å². The summed E-state index contributed by atoms with van der Waals surface area (Å²) in [4.78, 5) is 18.2. The molecule has 0 radical (unpaired) electrons. The van der Waals surface area contributed by atoms with Crippen molar-refractivity contribution in [1.82, 2.24) is 0 Å². The van der Waals surface area contributed by atoms with E-state index in [2.05, 4.69) is 9.98 Å². The maximum Gasteiger partial charge on any atom is 0.270 e. The third kappa shape index (κ3) is 0.639. The van der Waals surface area contributed by atoms with Crippen LogP contribution in [0, 0.1) is 0 Å². The van der Waals surface area contributed by atoms with Crippen molar-refractivity contribution in [1.29, 1.82) is 0 Å². The lowest BCUT2D eigenvalue weighted by molar-refractivity contribution is -0.113. The van der Waals surface area contributed by atoms with Gasteiger partial charge < -0.3 is 0 Å². The van der Waals surface area contributed by atoms with Gasteiger partial charge in [0.2, 0.25) is 0 Å². The fourth-order valence-corrected chi connectivity index (χ4v) is 0.883. The topological polar surface area (TPSA) is 41.8 Å². The highest BCUT2D eigenvalue weighted by atomic mass is 16.1. The van der Waals surface area contributed by atoms with Crippen molar-refractivity contribution >= 4 is 17.8 Å². The molecule has 3 nitrogen and oxygen atoms in total. The number of carbonyl (C=O) groups excluding carboxylic acids is 1. The molecule has 2 heterocycles. The summed E-state index contributed by atoms with van der Waals surface area (Å²) < 4.78 is 0. The van der Waals surface area contributed by atoms with E-state index in [-0.39, 0.29) is 5.91 Å². The Morgan fingerprint density at radius 3 is 3.20 bits per heavy atom. The monoisotopic (exact) mass is 132 g/mol. The van der Waals surface area contributed by atoms with Crippen LogP contribution in [0.2, 0.25) is 0 Å². The van der Waals surface area contributed by atoms with Gasteiger partial charge in [0, 0.05) is 17.8 Å². The number of allylic oxidation sites excluding steroid dienone is 2. The summed E-state index contributed by atoms with van der Waals surface area (Å²) in [7, 11) is 0. The van der Waals surface area contributed by atoms with E-state index in [1.165, 1.54) is 12.3 Å². The lowest BCUT2D eigenvalue weighted by atomic mass is 10.1. The molecule has 0 N–H and O–H groups in total. The number of aliphatic imine (C=N–C) groups is 2. The zero-order valence-electron chi connectivity index (χ0n) is 5.11. The van der Waals surface area contributed by atoms with E-state index in [1.807, 2.05) is 0 Å². The lowest BCUT2D eigenvalue weighted by Crippen LogP contribution is -2.08. The second-order valence-corrected chi connectivity index (χ2v) is 2.03. The van der Waals surface area contributed by atoms with Crippen molar-refractivity contribution < 1.29 is 4.79 Å². The van der Waals surface area contributed by atoms with Crippen LogP contribution in [0.4, 0.5) is 0 Å². The van der Waals surface area contributed by atoms with Crippen molar-refractivity contribution in [2.24, 2.45) is 9.98 Å². The molecule has 0 aromatic carbocycles. The number of amides is 1. The molecule has 48 valence electrons. The first kappa shape index (κ1) is 5.29. The van der Waals surface area contributed by atoms with Gasteiger partial charge in [-0.25, -0.2) is 4.99 Å². The Labute approximate surface area is 57.5 Å². The lowest BCUT2D eigenvalue weighted by Gasteiger charge is -1.98. The van der Waals surface area contributed by atoms with E-state index in [9.17, 15) is 4.79 Å². The predicted octanol–water partition coefficient (Wildman–Crippen LogP) is 0.492. The first-order valence-corrected chi connectivity index (χ1v) is 2.91. The average Bonchev–Trinajstić information content (AvgIpc) is 2.33. The molecule has 0 bridgehead atoms. The van der Waals surface area contributed by atoms with E-state index >= 15 is 0 Å². The molecule has 3 heteroatoms. The van der Waals surface area contributed by atoms with Gasteiger partial charge in [-0.05, 0) is 6.08 Å². The van der Waals surface area contributed by atoms with Gasteiger partial charge in [-0.15, -0.1) is 0 Å². The summed E-state index contributed by atoms with van der Waals surface area (Å²) in [6.45, 7) is 0. The first-order valence-electron chi connectivity index (χ1n) is 2.91.